The maximum atomic E-state index is 13.1. The van der Waals surface area contributed by atoms with E-state index in [1.54, 1.807) is 0 Å². The Bertz CT molecular complexity index is 533. The fraction of sp³-hybridized carbons (Fsp3) is 0.765. The van der Waals surface area contributed by atoms with Gasteiger partial charge in [-0.2, -0.15) is 5.10 Å². The Labute approximate surface area is 132 Å². The molecule has 3 fully saturated rings. The van der Waals surface area contributed by atoms with Gasteiger partial charge in [-0.3, -0.25) is 9.48 Å². The summed E-state index contributed by atoms with van der Waals surface area (Å²) in [6, 6.07) is 0. The van der Waals surface area contributed by atoms with Crippen molar-refractivity contribution in [2.75, 3.05) is 26.2 Å². The molecule has 2 heterocycles. The number of hydrogen-bond acceptors (Lipinski definition) is 3. The van der Waals surface area contributed by atoms with Crippen LogP contribution in [0.2, 0.25) is 0 Å². The van der Waals surface area contributed by atoms with Crippen LogP contribution < -0.4 is 5.32 Å². The lowest BCUT2D eigenvalue weighted by Gasteiger charge is -2.28. The van der Waals surface area contributed by atoms with Crippen molar-refractivity contribution in [1.29, 1.82) is 0 Å². The number of rotatable bonds is 6. The molecule has 1 aromatic rings. The lowest BCUT2D eigenvalue weighted by Crippen LogP contribution is -2.41. The van der Waals surface area contributed by atoms with Gasteiger partial charge in [0, 0.05) is 45.3 Å². The number of nitrogens with one attached hydrogen (secondary N) is 1. The average molecular weight is 302 g/mol. The van der Waals surface area contributed by atoms with Gasteiger partial charge in [0.1, 0.15) is 0 Å². The maximum absolute atomic E-state index is 13.1. The van der Waals surface area contributed by atoms with Crippen molar-refractivity contribution in [3.63, 3.8) is 0 Å². The van der Waals surface area contributed by atoms with E-state index in [0.717, 1.165) is 38.0 Å². The third-order valence-electron chi connectivity index (χ3n) is 5.35. The van der Waals surface area contributed by atoms with Crippen LogP contribution in [0.15, 0.2) is 12.4 Å². The Balaban J connectivity index is 1.48. The molecule has 0 radical (unpaired) electrons. The van der Waals surface area contributed by atoms with Crippen molar-refractivity contribution in [2.45, 2.75) is 31.6 Å². The van der Waals surface area contributed by atoms with Crippen LogP contribution in [0.25, 0.3) is 0 Å². The van der Waals surface area contributed by atoms with E-state index in [9.17, 15) is 4.79 Å². The first-order valence-electron chi connectivity index (χ1n) is 8.68. The van der Waals surface area contributed by atoms with Gasteiger partial charge < -0.3 is 10.2 Å². The van der Waals surface area contributed by atoms with Crippen molar-refractivity contribution in [2.24, 2.45) is 24.8 Å². The van der Waals surface area contributed by atoms with Crippen LogP contribution in [-0.2, 0) is 11.8 Å². The SMILES string of the molecule is Cn1cc([C@H]2CNC[C@@H]2C(=O)N(CC2CC2)CC2CC2)cn1. The third-order valence-corrected chi connectivity index (χ3v) is 5.35. The summed E-state index contributed by atoms with van der Waals surface area (Å²) >= 11 is 0. The molecule has 1 aliphatic heterocycles. The summed E-state index contributed by atoms with van der Waals surface area (Å²) in [4.78, 5) is 15.3. The molecule has 5 nitrogen and oxygen atoms in total. The van der Waals surface area contributed by atoms with Crippen molar-refractivity contribution < 1.29 is 4.79 Å². The average Bonchev–Trinajstić information content (AvgIpc) is 3.40. The summed E-state index contributed by atoms with van der Waals surface area (Å²) in [5.41, 5.74) is 1.20. The molecule has 0 aromatic carbocycles. The predicted octanol–water partition coefficient (Wildman–Crippen LogP) is 1.37. The fourth-order valence-electron chi connectivity index (χ4n) is 3.63. The number of amides is 1. The van der Waals surface area contributed by atoms with Gasteiger partial charge in [-0.05, 0) is 43.1 Å². The van der Waals surface area contributed by atoms with E-state index in [0.29, 0.717) is 5.91 Å². The zero-order chi connectivity index (χ0) is 15.1. The number of carbonyl (C=O) groups is 1. The van der Waals surface area contributed by atoms with E-state index in [1.807, 2.05) is 17.9 Å². The van der Waals surface area contributed by atoms with Gasteiger partial charge >= 0.3 is 0 Å². The van der Waals surface area contributed by atoms with Crippen LogP contribution in [0.1, 0.15) is 37.2 Å². The standard InChI is InChI=1S/C17H26N4O/c1-20-11-14(6-19-20)15-7-18-8-16(15)17(22)21(9-12-2-3-12)10-13-4-5-13/h6,11-13,15-16,18H,2-5,7-10H2,1H3/t15-,16+/m1/s1. The van der Waals surface area contributed by atoms with Crippen molar-refractivity contribution >= 4 is 5.91 Å². The van der Waals surface area contributed by atoms with Gasteiger partial charge in [0.15, 0.2) is 0 Å². The third kappa shape index (κ3) is 3.05. The van der Waals surface area contributed by atoms with Crippen LogP contribution in [0.3, 0.4) is 0 Å². The monoisotopic (exact) mass is 302 g/mol. The topological polar surface area (TPSA) is 50.2 Å². The lowest BCUT2D eigenvalue weighted by molar-refractivity contribution is -0.135. The van der Waals surface area contributed by atoms with E-state index in [2.05, 4.69) is 21.5 Å². The Hall–Kier alpha value is -1.36. The largest absolute Gasteiger partial charge is 0.342 e. The fourth-order valence-corrected chi connectivity index (χ4v) is 3.63. The summed E-state index contributed by atoms with van der Waals surface area (Å²) in [7, 11) is 1.94. The molecule has 0 unspecified atom stereocenters. The molecule has 2 atom stereocenters. The van der Waals surface area contributed by atoms with Gasteiger partial charge in [0.05, 0.1) is 12.1 Å². The summed E-state index contributed by atoms with van der Waals surface area (Å²) in [6.45, 7) is 3.68. The molecule has 0 bridgehead atoms. The molecule has 2 saturated carbocycles. The first-order chi connectivity index (χ1) is 10.7. The highest BCUT2D eigenvalue weighted by atomic mass is 16.2. The molecular formula is C17H26N4O. The van der Waals surface area contributed by atoms with Crippen molar-refractivity contribution in [3.8, 4) is 0 Å². The van der Waals surface area contributed by atoms with E-state index in [-0.39, 0.29) is 11.8 Å². The minimum Gasteiger partial charge on any atom is -0.342 e. The molecule has 1 saturated heterocycles. The highest BCUT2D eigenvalue weighted by Crippen LogP contribution is 2.36. The lowest BCUT2D eigenvalue weighted by atomic mass is 9.89. The molecule has 120 valence electrons. The predicted molar refractivity (Wildman–Crippen MR) is 84.3 cm³/mol. The van der Waals surface area contributed by atoms with Gasteiger partial charge in [0.2, 0.25) is 5.91 Å². The molecule has 5 heteroatoms. The molecule has 1 aromatic heterocycles. The molecule has 2 aliphatic carbocycles. The molecule has 1 N–H and O–H groups in total. The highest BCUT2D eigenvalue weighted by Gasteiger charge is 2.39. The normalized spacial score (nSPS) is 28.0. The number of aryl methyl sites for hydroxylation is 1. The number of carbonyl (C=O) groups excluding carboxylic acids is 1. The minimum absolute atomic E-state index is 0.0849. The zero-order valence-electron chi connectivity index (χ0n) is 13.4. The molecule has 1 amide bonds. The van der Waals surface area contributed by atoms with E-state index in [4.69, 9.17) is 0 Å². The molecule has 22 heavy (non-hydrogen) atoms. The second kappa shape index (κ2) is 5.69. The molecule has 3 aliphatic rings. The van der Waals surface area contributed by atoms with Crippen molar-refractivity contribution in [3.05, 3.63) is 18.0 Å². The van der Waals surface area contributed by atoms with Crippen LogP contribution in [-0.4, -0.2) is 46.8 Å². The Morgan fingerprint density at radius 2 is 1.95 bits per heavy atom. The van der Waals surface area contributed by atoms with Gasteiger partial charge in [-0.15, -0.1) is 0 Å². The molecule has 0 spiro atoms. The summed E-state index contributed by atoms with van der Waals surface area (Å²) < 4.78 is 1.83. The highest BCUT2D eigenvalue weighted by molar-refractivity contribution is 5.80. The molecular weight excluding hydrogens is 276 g/mol. The summed E-state index contributed by atoms with van der Waals surface area (Å²) in [6.07, 6.45) is 9.22. The Kier molecular flexibility index (Phi) is 3.68. The second-order valence-corrected chi connectivity index (χ2v) is 7.45. The summed E-state index contributed by atoms with van der Waals surface area (Å²) in [5.74, 6) is 2.28. The maximum Gasteiger partial charge on any atom is 0.227 e. The number of hydrogen-bond donors (Lipinski definition) is 1. The van der Waals surface area contributed by atoms with Crippen LogP contribution in [0, 0.1) is 17.8 Å². The smallest absolute Gasteiger partial charge is 0.227 e. The van der Waals surface area contributed by atoms with E-state index < -0.39 is 0 Å². The Morgan fingerprint density at radius 3 is 2.50 bits per heavy atom. The number of aromatic nitrogens is 2. The van der Waals surface area contributed by atoms with Gasteiger partial charge in [-0.25, -0.2) is 0 Å². The quantitative estimate of drug-likeness (QED) is 0.863. The number of nitrogens with zero attached hydrogens (tertiary/aromatic N) is 3. The first-order valence-corrected chi connectivity index (χ1v) is 8.68. The van der Waals surface area contributed by atoms with E-state index >= 15 is 0 Å². The van der Waals surface area contributed by atoms with Crippen LogP contribution >= 0.6 is 0 Å². The van der Waals surface area contributed by atoms with Crippen LogP contribution in [0.5, 0.6) is 0 Å². The summed E-state index contributed by atoms with van der Waals surface area (Å²) in [5, 5.41) is 7.70. The van der Waals surface area contributed by atoms with Crippen LogP contribution in [0.4, 0.5) is 0 Å². The minimum atomic E-state index is 0.0849. The first kappa shape index (κ1) is 14.2. The zero-order valence-corrected chi connectivity index (χ0v) is 13.4. The van der Waals surface area contributed by atoms with E-state index in [1.165, 1.54) is 31.2 Å². The van der Waals surface area contributed by atoms with Crippen molar-refractivity contribution in [1.82, 2.24) is 20.0 Å². The van der Waals surface area contributed by atoms with Gasteiger partial charge in [-0.1, -0.05) is 0 Å². The Morgan fingerprint density at radius 1 is 1.27 bits per heavy atom. The van der Waals surface area contributed by atoms with Gasteiger partial charge in [0.25, 0.3) is 0 Å². The molecule has 4 rings (SSSR count). The second-order valence-electron chi connectivity index (χ2n) is 7.45.